The van der Waals surface area contributed by atoms with Crippen molar-refractivity contribution in [3.63, 3.8) is 0 Å². The number of nitrogens with one attached hydrogen (secondary N) is 1. The fourth-order valence-electron chi connectivity index (χ4n) is 1.64. The predicted octanol–water partition coefficient (Wildman–Crippen LogP) is 2.15. The zero-order valence-electron chi connectivity index (χ0n) is 8.67. The van der Waals surface area contributed by atoms with Crippen LogP contribution in [0.4, 0.5) is 0 Å². The van der Waals surface area contributed by atoms with Gasteiger partial charge in [-0.2, -0.15) is 0 Å². The molecule has 1 aromatic carbocycles. The fourth-order valence-corrected chi connectivity index (χ4v) is 2.00. The molecule has 2 rings (SSSR count). The molecule has 1 aliphatic carbocycles. The van der Waals surface area contributed by atoms with Gasteiger partial charge in [0.25, 0.3) is 0 Å². The van der Waals surface area contributed by atoms with E-state index in [4.69, 9.17) is 5.11 Å². The van der Waals surface area contributed by atoms with Gasteiger partial charge >= 0.3 is 0 Å². The molecule has 0 bridgehead atoms. The first-order chi connectivity index (χ1) is 7.24. The maximum Gasteiger partial charge on any atom is 0.0499 e. The highest BCUT2D eigenvalue weighted by atomic mass is 127. The van der Waals surface area contributed by atoms with E-state index in [2.05, 4.69) is 52.2 Å². The third-order valence-corrected chi connectivity index (χ3v) is 3.75. The van der Waals surface area contributed by atoms with Crippen molar-refractivity contribution in [2.24, 2.45) is 5.41 Å². The molecule has 0 heterocycles. The summed E-state index contributed by atoms with van der Waals surface area (Å²) >= 11 is 2.31. The lowest BCUT2D eigenvalue weighted by atomic mass is 10.1. The third kappa shape index (κ3) is 3.16. The smallest absolute Gasteiger partial charge is 0.0499 e. The molecule has 0 aromatic heterocycles. The van der Waals surface area contributed by atoms with Crippen LogP contribution < -0.4 is 5.32 Å². The van der Waals surface area contributed by atoms with Crippen LogP contribution in [0.1, 0.15) is 18.4 Å². The standard InChI is InChI=1S/C12H16INO/c13-11-3-1-10(2-4-11)7-14-8-12(9-15)5-6-12/h1-4,14-15H,5-9H2. The van der Waals surface area contributed by atoms with Crippen LogP contribution in [0.2, 0.25) is 0 Å². The highest BCUT2D eigenvalue weighted by Crippen LogP contribution is 2.44. The quantitative estimate of drug-likeness (QED) is 0.816. The van der Waals surface area contributed by atoms with Crippen molar-refractivity contribution >= 4 is 22.6 Å². The van der Waals surface area contributed by atoms with Gasteiger partial charge in [0.2, 0.25) is 0 Å². The zero-order chi connectivity index (χ0) is 10.7. The lowest BCUT2D eigenvalue weighted by molar-refractivity contribution is 0.207. The number of aliphatic hydroxyl groups is 1. The Morgan fingerprint density at radius 3 is 2.47 bits per heavy atom. The Kier molecular flexibility index (Phi) is 3.64. The lowest BCUT2D eigenvalue weighted by Gasteiger charge is -2.12. The Morgan fingerprint density at radius 1 is 1.27 bits per heavy atom. The van der Waals surface area contributed by atoms with E-state index in [0.717, 1.165) is 13.1 Å². The first kappa shape index (κ1) is 11.4. The second-order valence-corrected chi connectivity index (χ2v) is 5.63. The van der Waals surface area contributed by atoms with Crippen LogP contribution in [0.5, 0.6) is 0 Å². The maximum absolute atomic E-state index is 9.15. The molecule has 1 saturated carbocycles. The highest BCUT2D eigenvalue weighted by Gasteiger charge is 2.41. The van der Waals surface area contributed by atoms with Gasteiger partial charge in [-0.1, -0.05) is 12.1 Å². The van der Waals surface area contributed by atoms with E-state index in [1.165, 1.54) is 22.0 Å². The molecule has 1 fully saturated rings. The Labute approximate surface area is 104 Å². The molecule has 3 heteroatoms. The molecule has 2 N–H and O–H groups in total. The molecular formula is C12H16INO. The normalized spacial score (nSPS) is 17.7. The van der Waals surface area contributed by atoms with Crippen LogP contribution in [-0.2, 0) is 6.54 Å². The molecule has 0 atom stereocenters. The number of halogens is 1. The Morgan fingerprint density at radius 2 is 1.93 bits per heavy atom. The first-order valence-electron chi connectivity index (χ1n) is 5.30. The predicted molar refractivity (Wildman–Crippen MR) is 69.6 cm³/mol. The topological polar surface area (TPSA) is 32.3 Å². The van der Waals surface area contributed by atoms with E-state index in [0.29, 0.717) is 6.61 Å². The summed E-state index contributed by atoms with van der Waals surface area (Å²) in [5.74, 6) is 0. The van der Waals surface area contributed by atoms with Crippen molar-refractivity contribution in [3.05, 3.63) is 33.4 Å². The van der Waals surface area contributed by atoms with Crippen LogP contribution >= 0.6 is 22.6 Å². The van der Waals surface area contributed by atoms with E-state index in [-0.39, 0.29) is 5.41 Å². The van der Waals surface area contributed by atoms with Gasteiger partial charge in [0.05, 0.1) is 0 Å². The monoisotopic (exact) mass is 317 g/mol. The van der Waals surface area contributed by atoms with Gasteiger partial charge in [0.15, 0.2) is 0 Å². The second-order valence-electron chi connectivity index (χ2n) is 4.39. The molecule has 0 radical (unpaired) electrons. The average Bonchev–Trinajstić information content (AvgIpc) is 3.02. The number of hydrogen-bond donors (Lipinski definition) is 2. The lowest BCUT2D eigenvalue weighted by Crippen LogP contribution is -2.26. The molecule has 2 nitrogen and oxygen atoms in total. The molecule has 0 amide bonds. The van der Waals surface area contributed by atoms with E-state index < -0.39 is 0 Å². The first-order valence-corrected chi connectivity index (χ1v) is 6.38. The third-order valence-electron chi connectivity index (χ3n) is 3.03. The van der Waals surface area contributed by atoms with E-state index >= 15 is 0 Å². The molecule has 0 aliphatic heterocycles. The Bertz CT molecular complexity index is 319. The number of rotatable bonds is 5. The van der Waals surface area contributed by atoms with Crippen LogP contribution in [-0.4, -0.2) is 18.3 Å². The van der Waals surface area contributed by atoms with E-state index in [1.807, 2.05) is 0 Å². The van der Waals surface area contributed by atoms with Gasteiger partial charge in [0, 0.05) is 28.7 Å². The number of hydrogen-bond acceptors (Lipinski definition) is 2. The summed E-state index contributed by atoms with van der Waals surface area (Å²) in [5, 5.41) is 12.6. The summed E-state index contributed by atoms with van der Waals surface area (Å²) in [7, 11) is 0. The molecule has 1 aliphatic rings. The summed E-state index contributed by atoms with van der Waals surface area (Å²) in [4.78, 5) is 0. The van der Waals surface area contributed by atoms with Crippen molar-refractivity contribution in [1.82, 2.24) is 5.32 Å². The molecule has 15 heavy (non-hydrogen) atoms. The van der Waals surface area contributed by atoms with E-state index in [1.54, 1.807) is 0 Å². The summed E-state index contributed by atoms with van der Waals surface area (Å²) in [5.41, 5.74) is 1.52. The summed E-state index contributed by atoms with van der Waals surface area (Å²) in [6.45, 7) is 2.17. The van der Waals surface area contributed by atoms with Gasteiger partial charge in [0.1, 0.15) is 0 Å². The van der Waals surface area contributed by atoms with Crippen molar-refractivity contribution in [2.75, 3.05) is 13.2 Å². The van der Waals surface area contributed by atoms with Gasteiger partial charge < -0.3 is 10.4 Å². The summed E-state index contributed by atoms with van der Waals surface area (Å²) in [6.07, 6.45) is 2.34. The maximum atomic E-state index is 9.15. The van der Waals surface area contributed by atoms with Crippen molar-refractivity contribution in [2.45, 2.75) is 19.4 Å². The largest absolute Gasteiger partial charge is 0.396 e. The molecule has 0 saturated heterocycles. The zero-order valence-corrected chi connectivity index (χ0v) is 10.8. The van der Waals surface area contributed by atoms with E-state index in [9.17, 15) is 0 Å². The van der Waals surface area contributed by atoms with Gasteiger partial charge in [-0.25, -0.2) is 0 Å². The number of benzene rings is 1. The SMILES string of the molecule is OCC1(CNCc2ccc(I)cc2)CC1. The van der Waals surface area contributed by atoms with Gasteiger partial charge in [-0.15, -0.1) is 0 Å². The van der Waals surface area contributed by atoms with Crippen LogP contribution in [0.3, 0.4) is 0 Å². The molecule has 0 unspecified atom stereocenters. The number of aliphatic hydroxyl groups excluding tert-OH is 1. The average molecular weight is 317 g/mol. The molecule has 1 aromatic rings. The minimum Gasteiger partial charge on any atom is -0.396 e. The summed E-state index contributed by atoms with van der Waals surface area (Å²) < 4.78 is 1.27. The fraction of sp³-hybridized carbons (Fsp3) is 0.500. The van der Waals surface area contributed by atoms with Crippen molar-refractivity contribution in [3.8, 4) is 0 Å². The van der Waals surface area contributed by atoms with Crippen LogP contribution in [0.25, 0.3) is 0 Å². The van der Waals surface area contributed by atoms with Gasteiger partial charge in [-0.3, -0.25) is 0 Å². The minimum absolute atomic E-state index is 0.212. The van der Waals surface area contributed by atoms with Crippen molar-refractivity contribution in [1.29, 1.82) is 0 Å². The van der Waals surface area contributed by atoms with Crippen LogP contribution in [0, 0.1) is 8.99 Å². The molecule has 0 spiro atoms. The highest BCUT2D eigenvalue weighted by molar-refractivity contribution is 14.1. The van der Waals surface area contributed by atoms with Crippen molar-refractivity contribution < 1.29 is 5.11 Å². The molecule has 82 valence electrons. The molecular weight excluding hydrogens is 301 g/mol. The minimum atomic E-state index is 0.212. The Hall–Kier alpha value is -0.130. The van der Waals surface area contributed by atoms with Gasteiger partial charge in [-0.05, 0) is 53.1 Å². The second kappa shape index (κ2) is 4.80. The van der Waals surface area contributed by atoms with Crippen LogP contribution in [0.15, 0.2) is 24.3 Å². The Balaban J connectivity index is 1.76. The summed E-state index contributed by atoms with van der Waals surface area (Å²) in [6, 6.07) is 8.54.